The molecule has 1 fully saturated rings. The molecule has 0 spiro atoms. The van der Waals surface area contributed by atoms with Gasteiger partial charge in [-0.1, -0.05) is 11.6 Å². The Bertz CT molecular complexity index is 616. The summed E-state index contributed by atoms with van der Waals surface area (Å²) in [5.41, 5.74) is 1.02. The second-order valence-electron chi connectivity index (χ2n) is 6.50. The average molecular weight is 383 g/mol. The molecule has 0 aromatic heterocycles. The van der Waals surface area contributed by atoms with E-state index < -0.39 is 0 Å². The number of nitrogens with zero attached hydrogens (tertiary/aromatic N) is 1. The standard InChI is InChI=1S/C19H27ClN2O4/c1-14-13-16(3-4-17(14)20)26-15-7-10-22(11-8-15)12-9-21-18(23)5-6-19(24)25-2/h3-4,13,15H,5-12H2,1-2H3,(H,21,23). The highest BCUT2D eigenvalue weighted by Crippen LogP contribution is 2.24. The number of methoxy groups -OCH3 is 1. The van der Waals surface area contributed by atoms with Gasteiger partial charge in [0.1, 0.15) is 11.9 Å². The summed E-state index contributed by atoms with van der Waals surface area (Å²) in [6, 6.07) is 5.74. The van der Waals surface area contributed by atoms with Crippen molar-refractivity contribution in [2.75, 3.05) is 33.3 Å². The number of likely N-dealkylation sites (tertiary alicyclic amines) is 1. The largest absolute Gasteiger partial charge is 0.490 e. The van der Waals surface area contributed by atoms with Crippen LogP contribution in [0.3, 0.4) is 0 Å². The fourth-order valence-corrected chi connectivity index (χ4v) is 3.01. The molecule has 0 unspecified atom stereocenters. The van der Waals surface area contributed by atoms with E-state index in [4.69, 9.17) is 16.3 Å². The molecule has 1 N–H and O–H groups in total. The molecule has 1 amide bonds. The number of rotatable bonds is 8. The summed E-state index contributed by atoms with van der Waals surface area (Å²) in [4.78, 5) is 25.0. The summed E-state index contributed by atoms with van der Waals surface area (Å²) in [6.07, 6.45) is 2.41. The predicted octanol–water partition coefficient (Wildman–Crippen LogP) is 2.56. The monoisotopic (exact) mass is 382 g/mol. The van der Waals surface area contributed by atoms with Crippen LogP contribution in [0.15, 0.2) is 18.2 Å². The average Bonchev–Trinajstić information content (AvgIpc) is 2.64. The number of carbonyl (C=O) groups is 2. The quantitative estimate of drug-likeness (QED) is 0.700. The Morgan fingerprint density at radius 3 is 2.65 bits per heavy atom. The number of nitrogens with one attached hydrogen (secondary N) is 1. The van der Waals surface area contributed by atoms with Gasteiger partial charge >= 0.3 is 5.97 Å². The second kappa shape index (κ2) is 10.4. The van der Waals surface area contributed by atoms with Gasteiger partial charge in [0, 0.05) is 37.6 Å². The minimum atomic E-state index is -0.363. The lowest BCUT2D eigenvalue weighted by Gasteiger charge is -2.32. The fourth-order valence-electron chi connectivity index (χ4n) is 2.89. The first-order valence-electron chi connectivity index (χ1n) is 8.96. The Hall–Kier alpha value is -1.79. The van der Waals surface area contributed by atoms with Gasteiger partial charge < -0.3 is 19.7 Å². The SMILES string of the molecule is COC(=O)CCC(=O)NCCN1CCC(Oc2ccc(Cl)c(C)c2)CC1. The van der Waals surface area contributed by atoms with Gasteiger partial charge in [0.2, 0.25) is 5.91 Å². The van der Waals surface area contributed by atoms with Crippen LogP contribution in [0.25, 0.3) is 0 Å². The van der Waals surface area contributed by atoms with Crippen LogP contribution in [-0.2, 0) is 14.3 Å². The lowest BCUT2D eigenvalue weighted by atomic mass is 10.1. The maximum atomic E-state index is 11.6. The van der Waals surface area contributed by atoms with Gasteiger partial charge in [-0.3, -0.25) is 9.59 Å². The molecule has 1 aromatic carbocycles. The summed E-state index contributed by atoms with van der Waals surface area (Å²) >= 11 is 6.04. The highest BCUT2D eigenvalue weighted by Gasteiger charge is 2.20. The van der Waals surface area contributed by atoms with Gasteiger partial charge in [-0.05, 0) is 43.5 Å². The number of hydrogen-bond acceptors (Lipinski definition) is 5. The Balaban J connectivity index is 1.61. The fraction of sp³-hybridized carbons (Fsp3) is 0.579. The minimum Gasteiger partial charge on any atom is -0.490 e. The maximum absolute atomic E-state index is 11.6. The molecule has 1 aromatic rings. The molecule has 2 rings (SSSR count). The van der Waals surface area contributed by atoms with Crippen LogP contribution in [0, 0.1) is 6.92 Å². The molecule has 0 saturated carbocycles. The topological polar surface area (TPSA) is 67.9 Å². The second-order valence-corrected chi connectivity index (χ2v) is 6.90. The van der Waals surface area contributed by atoms with Crippen LogP contribution < -0.4 is 10.1 Å². The van der Waals surface area contributed by atoms with Crippen LogP contribution in [0.1, 0.15) is 31.2 Å². The molecule has 7 heteroatoms. The van der Waals surface area contributed by atoms with Crippen molar-refractivity contribution < 1.29 is 19.1 Å². The molecule has 1 aliphatic heterocycles. The zero-order valence-corrected chi connectivity index (χ0v) is 16.2. The lowest BCUT2D eigenvalue weighted by molar-refractivity contribution is -0.142. The minimum absolute atomic E-state index is 0.119. The van der Waals surface area contributed by atoms with E-state index in [1.807, 2.05) is 25.1 Å². The molecule has 0 atom stereocenters. The van der Waals surface area contributed by atoms with Crippen LogP contribution in [0.5, 0.6) is 5.75 Å². The van der Waals surface area contributed by atoms with Gasteiger partial charge in [-0.2, -0.15) is 0 Å². The van der Waals surface area contributed by atoms with Gasteiger partial charge in [-0.25, -0.2) is 0 Å². The molecule has 0 bridgehead atoms. The van der Waals surface area contributed by atoms with Crippen molar-refractivity contribution in [1.82, 2.24) is 10.2 Å². The molecule has 1 heterocycles. The van der Waals surface area contributed by atoms with Crippen molar-refractivity contribution in [3.05, 3.63) is 28.8 Å². The molecule has 1 aliphatic rings. The van der Waals surface area contributed by atoms with Gasteiger partial charge in [0.05, 0.1) is 13.5 Å². The number of benzene rings is 1. The molecule has 1 saturated heterocycles. The zero-order valence-electron chi connectivity index (χ0n) is 15.4. The number of halogens is 1. The van der Waals surface area contributed by atoms with Crippen LogP contribution in [0.2, 0.25) is 5.02 Å². The van der Waals surface area contributed by atoms with Crippen molar-refractivity contribution >= 4 is 23.5 Å². The van der Waals surface area contributed by atoms with Crippen molar-refractivity contribution in [1.29, 1.82) is 0 Å². The van der Waals surface area contributed by atoms with Crippen LogP contribution >= 0.6 is 11.6 Å². The molecule has 6 nitrogen and oxygen atoms in total. The van der Waals surface area contributed by atoms with E-state index in [0.29, 0.717) is 6.54 Å². The third-order valence-electron chi connectivity index (χ3n) is 4.50. The smallest absolute Gasteiger partial charge is 0.306 e. The summed E-state index contributed by atoms with van der Waals surface area (Å²) in [7, 11) is 1.32. The van der Waals surface area contributed by atoms with E-state index in [2.05, 4.69) is 15.0 Å². The highest BCUT2D eigenvalue weighted by molar-refractivity contribution is 6.31. The Morgan fingerprint density at radius 2 is 2.00 bits per heavy atom. The van der Waals surface area contributed by atoms with E-state index in [1.54, 1.807) is 0 Å². The van der Waals surface area contributed by atoms with E-state index in [9.17, 15) is 9.59 Å². The Kier molecular flexibility index (Phi) is 8.19. The Morgan fingerprint density at radius 1 is 1.27 bits per heavy atom. The number of hydrogen-bond donors (Lipinski definition) is 1. The summed E-state index contributed by atoms with van der Waals surface area (Å²) in [6.45, 7) is 5.24. The van der Waals surface area contributed by atoms with Crippen molar-refractivity contribution in [2.24, 2.45) is 0 Å². The molecule has 0 radical (unpaired) electrons. The van der Waals surface area contributed by atoms with E-state index >= 15 is 0 Å². The number of piperidine rings is 1. The number of carbonyl (C=O) groups excluding carboxylic acids is 2. The number of amides is 1. The molecular weight excluding hydrogens is 356 g/mol. The number of ether oxygens (including phenoxy) is 2. The van der Waals surface area contributed by atoms with Crippen molar-refractivity contribution in [2.45, 2.75) is 38.7 Å². The summed E-state index contributed by atoms with van der Waals surface area (Å²) < 4.78 is 10.6. The van der Waals surface area contributed by atoms with Crippen molar-refractivity contribution in [3.8, 4) is 5.75 Å². The maximum Gasteiger partial charge on any atom is 0.306 e. The van der Waals surface area contributed by atoms with Gasteiger partial charge in [0.25, 0.3) is 0 Å². The Labute approximate surface area is 159 Å². The predicted molar refractivity (Wildman–Crippen MR) is 101 cm³/mol. The molecular formula is C19H27ClN2O4. The normalized spacial score (nSPS) is 15.5. The highest BCUT2D eigenvalue weighted by atomic mass is 35.5. The summed E-state index contributed by atoms with van der Waals surface area (Å²) in [5.74, 6) is 0.382. The first kappa shape index (κ1) is 20.5. The third-order valence-corrected chi connectivity index (χ3v) is 4.92. The van der Waals surface area contributed by atoms with E-state index in [1.165, 1.54) is 7.11 Å². The third kappa shape index (κ3) is 6.84. The number of esters is 1. The molecule has 26 heavy (non-hydrogen) atoms. The van der Waals surface area contributed by atoms with Crippen LogP contribution in [-0.4, -0.2) is 56.2 Å². The number of aryl methyl sites for hydroxylation is 1. The first-order valence-corrected chi connectivity index (χ1v) is 9.34. The first-order chi connectivity index (χ1) is 12.5. The summed E-state index contributed by atoms with van der Waals surface area (Å²) in [5, 5.41) is 3.59. The van der Waals surface area contributed by atoms with E-state index in [0.717, 1.165) is 48.8 Å². The molecule has 144 valence electrons. The van der Waals surface area contributed by atoms with Crippen LogP contribution in [0.4, 0.5) is 0 Å². The molecule has 0 aliphatic carbocycles. The zero-order chi connectivity index (χ0) is 18.9. The van der Waals surface area contributed by atoms with Gasteiger partial charge in [0.15, 0.2) is 0 Å². The van der Waals surface area contributed by atoms with Crippen molar-refractivity contribution in [3.63, 3.8) is 0 Å². The van der Waals surface area contributed by atoms with Gasteiger partial charge in [-0.15, -0.1) is 0 Å². The van der Waals surface area contributed by atoms with E-state index in [-0.39, 0.29) is 30.8 Å². The lowest BCUT2D eigenvalue weighted by Crippen LogP contribution is -2.42.